The van der Waals surface area contributed by atoms with Crippen molar-refractivity contribution >= 4 is 17.3 Å². The van der Waals surface area contributed by atoms with Crippen LogP contribution < -0.4 is 10.6 Å². The van der Waals surface area contributed by atoms with Gasteiger partial charge in [0.25, 0.3) is 0 Å². The van der Waals surface area contributed by atoms with Crippen LogP contribution in [0.3, 0.4) is 0 Å². The molecular weight excluding hydrogens is 218 g/mol. The summed E-state index contributed by atoms with van der Waals surface area (Å²) in [4.78, 5) is 6.87. The van der Waals surface area contributed by atoms with E-state index in [1.54, 1.807) is 7.05 Å². The molecule has 0 saturated carbocycles. The molecule has 1 aromatic rings. The molecule has 90 valence electrons. The third-order valence-electron chi connectivity index (χ3n) is 1.94. The maximum Gasteiger partial charge on any atom is 0.191 e. The van der Waals surface area contributed by atoms with E-state index in [2.05, 4.69) is 55.5 Å². The number of aryl methyl sites for hydroxylation is 1. The molecule has 1 aromatic heterocycles. The second-order valence-electron chi connectivity index (χ2n) is 4.81. The summed E-state index contributed by atoms with van der Waals surface area (Å²) >= 11 is 1.81. The lowest BCUT2D eigenvalue weighted by molar-refractivity contribution is 0.501. The van der Waals surface area contributed by atoms with Gasteiger partial charge in [-0.2, -0.15) is 0 Å². The standard InChI is InChI=1S/C12H21N3S/c1-9-6-7-10(16-9)8-14-11(13-5)15-12(2,3)4/h6-7H,8H2,1-5H3,(H2,13,14,15). The molecule has 0 spiro atoms. The normalized spacial score (nSPS) is 12.7. The van der Waals surface area contributed by atoms with Gasteiger partial charge in [0, 0.05) is 22.3 Å². The smallest absolute Gasteiger partial charge is 0.191 e. The van der Waals surface area contributed by atoms with Crippen molar-refractivity contribution < 1.29 is 0 Å². The lowest BCUT2D eigenvalue weighted by Crippen LogP contribution is -2.47. The van der Waals surface area contributed by atoms with Crippen molar-refractivity contribution in [1.29, 1.82) is 0 Å². The summed E-state index contributed by atoms with van der Waals surface area (Å²) in [7, 11) is 1.79. The van der Waals surface area contributed by atoms with Gasteiger partial charge in [-0.15, -0.1) is 11.3 Å². The van der Waals surface area contributed by atoms with Crippen LogP contribution in [0.2, 0.25) is 0 Å². The van der Waals surface area contributed by atoms with Gasteiger partial charge in [0.2, 0.25) is 0 Å². The third kappa shape index (κ3) is 4.66. The van der Waals surface area contributed by atoms with Crippen LogP contribution in [0.5, 0.6) is 0 Å². The lowest BCUT2D eigenvalue weighted by atomic mass is 10.1. The van der Waals surface area contributed by atoms with E-state index in [1.165, 1.54) is 9.75 Å². The van der Waals surface area contributed by atoms with Crippen LogP contribution in [-0.2, 0) is 6.54 Å². The zero-order chi connectivity index (χ0) is 12.2. The fourth-order valence-electron chi connectivity index (χ4n) is 1.29. The predicted molar refractivity (Wildman–Crippen MR) is 72.1 cm³/mol. The largest absolute Gasteiger partial charge is 0.352 e. The number of guanidine groups is 1. The summed E-state index contributed by atoms with van der Waals surface area (Å²) in [5.74, 6) is 0.846. The first-order valence-electron chi connectivity index (χ1n) is 5.45. The molecule has 0 aromatic carbocycles. The molecule has 2 N–H and O–H groups in total. The van der Waals surface area contributed by atoms with Gasteiger partial charge in [-0.1, -0.05) is 0 Å². The third-order valence-corrected chi connectivity index (χ3v) is 2.94. The van der Waals surface area contributed by atoms with Crippen LogP contribution >= 0.6 is 11.3 Å². The van der Waals surface area contributed by atoms with E-state index in [-0.39, 0.29) is 5.54 Å². The topological polar surface area (TPSA) is 36.4 Å². The zero-order valence-corrected chi connectivity index (χ0v) is 11.5. The Labute approximate surface area is 102 Å². The minimum absolute atomic E-state index is 0.0349. The Hall–Kier alpha value is -1.03. The van der Waals surface area contributed by atoms with E-state index in [0.717, 1.165) is 12.5 Å². The molecule has 1 rings (SSSR count). The van der Waals surface area contributed by atoms with Crippen LogP contribution in [0.1, 0.15) is 30.5 Å². The lowest BCUT2D eigenvalue weighted by Gasteiger charge is -2.23. The molecule has 0 aliphatic heterocycles. The summed E-state index contributed by atoms with van der Waals surface area (Å²) in [6.45, 7) is 9.31. The maximum atomic E-state index is 4.19. The van der Waals surface area contributed by atoms with Crippen LogP contribution in [0.25, 0.3) is 0 Å². The Morgan fingerprint density at radius 2 is 2.06 bits per heavy atom. The van der Waals surface area contributed by atoms with E-state index in [4.69, 9.17) is 0 Å². The van der Waals surface area contributed by atoms with Crippen molar-refractivity contribution in [2.45, 2.75) is 39.8 Å². The van der Waals surface area contributed by atoms with Gasteiger partial charge in [-0.05, 0) is 39.8 Å². The second kappa shape index (κ2) is 5.34. The van der Waals surface area contributed by atoms with E-state index in [0.29, 0.717) is 0 Å². The highest BCUT2D eigenvalue weighted by Gasteiger charge is 2.11. The minimum Gasteiger partial charge on any atom is -0.352 e. The highest BCUT2D eigenvalue weighted by molar-refractivity contribution is 7.11. The fraction of sp³-hybridized carbons (Fsp3) is 0.583. The molecule has 0 unspecified atom stereocenters. The van der Waals surface area contributed by atoms with Crippen molar-refractivity contribution in [1.82, 2.24) is 10.6 Å². The van der Waals surface area contributed by atoms with Crippen molar-refractivity contribution in [3.63, 3.8) is 0 Å². The average molecular weight is 239 g/mol. The Balaban J connectivity index is 2.47. The van der Waals surface area contributed by atoms with Gasteiger partial charge >= 0.3 is 0 Å². The second-order valence-corrected chi connectivity index (χ2v) is 6.19. The van der Waals surface area contributed by atoms with Gasteiger partial charge in [0.05, 0.1) is 6.54 Å². The molecule has 0 radical (unpaired) electrons. The van der Waals surface area contributed by atoms with Crippen LogP contribution in [0, 0.1) is 6.92 Å². The number of thiophene rings is 1. The van der Waals surface area contributed by atoms with Crippen LogP contribution in [-0.4, -0.2) is 18.5 Å². The molecule has 0 bridgehead atoms. The first-order chi connectivity index (χ1) is 7.40. The summed E-state index contributed by atoms with van der Waals surface area (Å²) in [5, 5.41) is 6.63. The Morgan fingerprint density at radius 1 is 1.38 bits per heavy atom. The Morgan fingerprint density at radius 3 is 2.50 bits per heavy atom. The number of aliphatic imine (C=N–C) groups is 1. The molecule has 0 aliphatic rings. The molecular formula is C12H21N3S. The first-order valence-corrected chi connectivity index (χ1v) is 6.26. The summed E-state index contributed by atoms with van der Waals surface area (Å²) < 4.78 is 0. The van der Waals surface area contributed by atoms with E-state index in [1.807, 2.05) is 11.3 Å². The Kier molecular flexibility index (Phi) is 4.35. The van der Waals surface area contributed by atoms with Crippen molar-refractivity contribution in [3.05, 3.63) is 21.9 Å². The van der Waals surface area contributed by atoms with Crippen molar-refractivity contribution in [3.8, 4) is 0 Å². The van der Waals surface area contributed by atoms with Gasteiger partial charge in [0.1, 0.15) is 0 Å². The molecule has 3 nitrogen and oxygen atoms in total. The molecule has 1 heterocycles. The average Bonchev–Trinajstić information content (AvgIpc) is 2.57. The van der Waals surface area contributed by atoms with Gasteiger partial charge < -0.3 is 10.6 Å². The van der Waals surface area contributed by atoms with Gasteiger partial charge in [-0.25, -0.2) is 0 Å². The van der Waals surface area contributed by atoms with Gasteiger partial charge in [0.15, 0.2) is 5.96 Å². The monoisotopic (exact) mass is 239 g/mol. The number of nitrogens with zero attached hydrogens (tertiary/aromatic N) is 1. The molecule has 0 aliphatic carbocycles. The quantitative estimate of drug-likeness (QED) is 0.614. The molecule has 4 heteroatoms. The number of nitrogens with one attached hydrogen (secondary N) is 2. The van der Waals surface area contributed by atoms with Crippen molar-refractivity contribution in [2.24, 2.45) is 4.99 Å². The highest BCUT2D eigenvalue weighted by atomic mass is 32.1. The number of hydrogen-bond donors (Lipinski definition) is 2. The SMILES string of the molecule is CN=C(NCc1ccc(C)s1)NC(C)(C)C. The molecule has 0 amide bonds. The summed E-state index contributed by atoms with van der Waals surface area (Å²) in [6.07, 6.45) is 0. The molecule has 0 atom stereocenters. The predicted octanol–water partition coefficient (Wildman–Crippen LogP) is 2.52. The van der Waals surface area contributed by atoms with E-state index in [9.17, 15) is 0 Å². The molecule has 0 fully saturated rings. The van der Waals surface area contributed by atoms with Crippen LogP contribution in [0.4, 0.5) is 0 Å². The minimum atomic E-state index is 0.0349. The number of hydrogen-bond acceptors (Lipinski definition) is 2. The molecule has 16 heavy (non-hydrogen) atoms. The first kappa shape index (κ1) is 13.0. The Bertz CT molecular complexity index is 361. The zero-order valence-electron chi connectivity index (χ0n) is 10.7. The summed E-state index contributed by atoms with van der Waals surface area (Å²) in [5.41, 5.74) is 0.0349. The van der Waals surface area contributed by atoms with E-state index >= 15 is 0 Å². The molecule has 0 saturated heterocycles. The summed E-state index contributed by atoms with van der Waals surface area (Å²) in [6, 6.07) is 4.29. The fourth-order valence-corrected chi connectivity index (χ4v) is 2.12. The van der Waals surface area contributed by atoms with E-state index < -0.39 is 0 Å². The number of rotatable bonds is 2. The maximum absolute atomic E-state index is 4.19. The van der Waals surface area contributed by atoms with Crippen molar-refractivity contribution in [2.75, 3.05) is 7.05 Å². The highest BCUT2D eigenvalue weighted by Crippen LogP contribution is 2.14. The van der Waals surface area contributed by atoms with Crippen LogP contribution in [0.15, 0.2) is 17.1 Å². The van der Waals surface area contributed by atoms with Gasteiger partial charge in [-0.3, -0.25) is 4.99 Å².